The molecular formula is C24H28N2O3. The summed E-state index contributed by atoms with van der Waals surface area (Å²) in [6.45, 7) is 4.27. The third-order valence-corrected chi connectivity index (χ3v) is 6.85. The highest BCUT2D eigenvalue weighted by Crippen LogP contribution is 2.45. The van der Waals surface area contributed by atoms with Gasteiger partial charge in [-0.2, -0.15) is 0 Å². The van der Waals surface area contributed by atoms with Crippen molar-refractivity contribution in [3.8, 4) is 11.5 Å². The van der Waals surface area contributed by atoms with Crippen LogP contribution in [-0.2, 0) is 11.3 Å². The van der Waals surface area contributed by atoms with Crippen molar-refractivity contribution in [1.82, 2.24) is 9.80 Å². The van der Waals surface area contributed by atoms with E-state index in [4.69, 9.17) is 9.47 Å². The number of hydrogen-bond acceptors (Lipinski definition) is 4. The van der Waals surface area contributed by atoms with Crippen LogP contribution < -0.4 is 9.47 Å². The molecule has 0 bridgehead atoms. The van der Waals surface area contributed by atoms with Gasteiger partial charge in [0.15, 0.2) is 11.5 Å². The van der Waals surface area contributed by atoms with Gasteiger partial charge in [-0.15, -0.1) is 0 Å². The highest BCUT2D eigenvalue weighted by atomic mass is 16.7. The second-order valence-electron chi connectivity index (χ2n) is 8.83. The van der Waals surface area contributed by atoms with Crippen LogP contribution in [0.15, 0.2) is 48.5 Å². The minimum atomic E-state index is -0.00430. The SMILES string of the molecule is CN1CC2(CCN(Cc3ccc4c(c3)OCO4)CC2)C[C@@H](c2ccccc2)C1=O. The Hall–Kier alpha value is -2.53. The van der Waals surface area contributed by atoms with Crippen LogP contribution in [0.1, 0.15) is 36.3 Å². The fourth-order valence-corrected chi connectivity index (χ4v) is 5.22. The monoisotopic (exact) mass is 392 g/mol. The Morgan fingerprint density at radius 3 is 2.59 bits per heavy atom. The Labute approximate surface area is 172 Å². The number of hydrogen-bond donors (Lipinski definition) is 0. The maximum Gasteiger partial charge on any atom is 0.231 e. The lowest BCUT2D eigenvalue weighted by Crippen LogP contribution is -2.52. The molecule has 0 saturated carbocycles. The first-order valence-corrected chi connectivity index (χ1v) is 10.5. The van der Waals surface area contributed by atoms with Gasteiger partial charge in [0, 0.05) is 20.1 Å². The number of rotatable bonds is 3. The number of likely N-dealkylation sites (N-methyl/N-ethyl adjacent to an activating group) is 1. The van der Waals surface area contributed by atoms with Crippen LogP contribution in [0.2, 0.25) is 0 Å². The highest BCUT2D eigenvalue weighted by Gasteiger charge is 2.44. The van der Waals surface area contributed by atoms with E-state index < -0.39 is 0 Å². The number of fused-ring (bicyclic) bond motifs is 1. The van der Waals surface area contributed by atoms with Crippen molar-refractivity contribution in [3.63, 3.8) is 0 Å². The van der Waals surface area contributed by atoms with E-state index in [1.54, 1.807) is 0 Å². The van der Waals surface area contributed by atoms with Crippen LogP contribution in [0, 0.1) is 5.41 Å². The molecule has 2 aromatic rings. The molecule has 3 aliphatic rings. The minimum Gasteiger partial charge on any atom is -0.454 e. The lowest BCUT2D eigenvalue weighted by atomic mass is 9.67. The van der Waals surface area contributed by atoms with E-state index in [9.17, 15) is 4.79 Å². The maximum absolute atomic E-state index is 12.8. The van der Waals surface area contributed by atoms with Crippen molar-refractivity contribution in [2.45, 2.75) is 31.7 Å². The summed E-state index contributed by atoms with van der Waals surface area (Å²) in [6, 6.07) is 16.5. The van der Waals surface area contributed by atoms with Gasteiger partial charge in [-0.25, -0.2) is 0 Å². The van der Waals surface area contributed by atoms with Crippen LogP contribution >= 0.6 is 0 Å². The number of nitrogens with zero attached hydrogens (tertiary/aromatic N) is 2. The molecule has 1 amide bonds. The lowest BCUT2D eigenvalue weighted by molar-refractivity contribution is -0.139. The van der Waals surface area contributed by atoms with E-state index in [1.165, 1.54) is 5.56 Å². The topological polar surface area (TPSA) is 42.0 Å². The number of carbonyl (C=O) groups excluding carboxylic acids is 1. The number of piperidine rings is 2. The van der Waals surface area contributed by atoms with Gasteiger partial charge in [-0.05, 0) is 61.0 Å². The predicted octanol–water partition coefficient (Wildman–Crippen LogP) is 3.64. The Bertz CT molecular complexity index is 890. The van der Waals surface area contributed by atoms with Crippen molar-refractivity contribution >= 4 is 5.91 Å². The van der Waals surface area contributed by atoms with E-state index in [-0.39, 0.29) is 17.2 Å². The number of amides is 1. The average Bonchev–Trinajstić information content (AvgIpc) is 3.21. The summed E-state index contributed by atoms with van der Waals surface area (Å²) in [7, 11) is 1.97. The molecular weight excluding hydrogens is 364 g/mol. The Kier molecular flexibility index (Phi) is 4.70. The summed E-state index contributed by atoms with van der Waals surface area (Å²) >= 11 is 0. The first kappa shape index (κ1) is 18.5. The van der Waals surface area contributed by atoms with E-state index in [1.807, 2.05) is 36.2 Å². The molecule has 2 fully saturated rings. The fraction of sp³-hybridized carbons (Fsp3) is 0.458. The molecule has 5 heteroatoms. The van der Waals surface area contributed by atoms with Crippen LogP contribution in [0.25, 0.3) is 0 Å². The lowest BCUT2D eigenvalue weighted by Gasteiger charge is -2.49. The number of ether oxygens (including phenoxy) is 2. The zero-order chi connectivity index (χ0) is 19.8. The average molecular weight is 392 g/mol. The summed E-state index contributed by atoms with van der Waals surface area (Å²) in [4.78, 5) is 17.3. The second kappa shape index (κ2) is 7.38. The van der Waals surface area contributed by atoms with Gasteiger partial charge in [0.05, 0.1) is 5.92 Å². The molecule has 1 atom stereocenters. The van der Waals surface area contributed by atoms with E-state index in [0.717, 1.165) is 62.5 Å². The van der Waals surface area contributed by atoms with E-state index in [2.05, 4.69) is 29.2 Å². The molecule has 5 rings (SSSR count). The molecule has 3 heterocycles. The summed E-state index contributed by atoms with van der Waals surface area (Å²) in [6.07, 6.45) is 3.25. The highest BCUT2D eigenvalue weighted by molar-refractivity contribution is 5.84. The van der Waals surface area contributed by atoms with Crippen molar-refractivity contribution in [2.75, 3.05) is 33.5 Å². The molecule has 0 radical (unpaired) electrons. The third-order valence-electron chi connectivity index (χ3n) is 6.85. The number of benzene rings is 2. The summed E-state index contributed by atoms with van der Waals surface area (Å²) in [5.41, 5.74) is 2.66. The minimum absolute atomic E-state index is 0.00430. The zero-order valence-electron chi connectivity index (χ0n) is 17.0. The smallest absolute Gasteiger partial charge is 0.231 e. The number of carbonyl (C=O) groups is 1. The molecule has 152 valence electrons. The molecule has 0 N–H and O–H groups in total. The first-order chi connectivity index (χ1) is 14.1. The van der Waals surface area contributed by atoms with E-state index >= 15 is 0 Å². The quantitative estimate of drug-likeness (QED) is 0.800. The van der Waals surface area contributed by atoms with Gasteiger partial charge in [0.25, 0.3) is 0 Å². The van der Waals surface area contributed by atoms with Gasteiger partial charge >= 0.3 is 0 Å². The summed E-state index contributed by atoms with van der Waals surface area (Å²) in [5, 5.41) is 0. The molecule has 29 heavy (non-hydrogen) atoms. The fourth-order valence-electron chi connectivity index (χ4n) is 5.22. The molecule has 2 aromatic carbocycles. The van der Waals surface area contributed by atoms with Gasteiger partial charge in [-0.1, -0.05) is 36.4 Å². The van der Waals surface area contributed by atoms with Crippen LogP contribution in [0.5, 0.6) is 11.5 Å². The van der Waals surface area contributed by atoms with E-state index in [0.29, 0.717) is 6.79 Å². The Morgan fingerprint density at radius 2 is 1.79 bits per heavy atom. The standard InChI is InChI=1S/C24H28N2O3/c1-25-16-24(14-20(23(25)27)19-5-3-2-4-6-19)9-11-26(12-10-24)15-18-7-8-21-22(13-18)29-17-28-21/h2-8,13,20H,9-12,14-17H2,1H3/t20-/m0/s1. The van der Waals surface area contributed by atoms with Gasteiger partial charge in [0.1, 0.15) is 0 Å². The van der Waals surface area contributed by atoms with Crippen molar-refractivity contribution in [1.29, 1.82) is 0 Å². The van der Waals surface area contributed by atoms with Gasteiger partial charge in [-0.3, -0.25) is 9.69 Å². The van der Waals surface area contributed by atoms with Crippen molar-refractivity contribution in [3.05, 3.63) is 59.7 Å². The normalized spacial score (nSPS) is 23.6. The van der Waals surface area contributed by atoms with Crippen molar-refractivity contribution in [2.24, 2.45) is 5.41 Å². The zero-order valence-corrected chi connectivity index (χ0v) is 17.0. The molecule has 1 spiro atoms. The van der Waals surface area contributed by atoms with Crippen LogP contribution in [0.4, 0.5) is 0 Å². The molecule has 2 saturated heterocycles. The molecule has 0 aromatic heterocycles. The first-order valence-electron chi connectivity index (χ1n) is 10.5. The van der Waals surface area contributed by atoms with Crippen LogP contribution in [0.3, 0.4) is 0 Å². The molecule has 3 aliphatic heterocycles. The summed E-state index contributed by atoms with van der Waals surface area (Å²) in [5.74, 6) is 1.96. The molecule has 0 aliphatic carbocycles. The third kappa shape index (κ3) is 3.60. The van der Waals surface area contributed by atoms with Gasteiger partial charge < -0.3 is 14.4 Å². The second-order valence-corrected chi connectivity index (χ2v) is 8.83. The van der Waals surface area contributed by atoms with Gasteiger partial charge in [0.2, 0.25) is 12.7 Å². The largest absolute Gasteiger partial charge is 0.454 e. The maximum atomic E-state index is 12.8. The number of likely N-dealkylation sites (tertiary alicyclic amines) is 2. The van der Waals surface area contributed by atoms with Crippen molar-refractivity contribution < 1.29 is 14.3 Å². The molecule has 5 nitrogen and oxygen atoms in total. The Balaban J connectivity index is 1.26. The summed E-state index contributed by atoms with van der Waals surface area (Å²) < 4.78 is 10.9. The van der Waals surface area contributed by atoms with Crippen LogP contribution in [-0.4, -0.2) is 49.2 Å². The predicted molar refractivity (Wildman–Crippen MR) is 111 cm³/mol. The molecule has 0 unspecified atom stereocenters. The Morgan fingerprint density at radius 1 is 1.03 bits per heavy atom.